The number of aryl methyl sites for hydroxylation is 2. The second-order valence-corrected chi connectivity index (χ2v) is 5.56. The zero-order valence-electron chi connectivity index (χ0n) is 11.1. The zero-order valence-corrected chi connectivity index (χ0v) is 11.1. The third-order valence-electron chi connectivity index (χ3n) is 4.35. The lowest BCUT2D eigenvalue weighted by molar-refractivity contribution is -0.129. The van der Waals surface area contributed by atoms with Crippen molar-refractivity contribution in [3.63, 3.8) is 0 Å². The van der Waals surface area contributed by atoms with Gasteiger partial charge in [-0.2, -0.15) is 0 Å². The van der Waals surface area contributed by atoms with Crippen LogP contribution in [0.1, 0.15) is 29.5 Å². The monoisotopic (exact) mass is 244 g/mol. The number of hydrogen-bond donors (Lipinski definition) is 1. The van der Waals surface area contributed by atoms with Gasteiger partial charge in [0, 0.05) is 25.0 Å². The van der Waals surface area contributed by atoms with Crippen molar-refractivity contribution < 1.29 is 4.79 Å². The van der Waals surface area contributed by atoms with Gasteiger partial charge in [-0.05, 0) is 43.5 Å². The Labute approximate surface area is 108 Å². The number of hydrogen-bond acceptors (Lipinski definition) is 2. The standard InChI is InChI=1S/C15H20N2O/c1-10-3-4-12(7-11(10)2)9-17-14-5-6-16-13(14)8-15(17)18/h3-4,7,13-14,16H,5-6,8-9H2,1-2H3/t13-,14-/m0/s1. The van der Waals surface area contributed by atoms with E-state index in [-0.39, 0.29) is 0 Å². The van der Waals surface area contributed by atoms with E-state index in [4.69, 9.17) is 0 Å². The van der Waals surface area contributed by atoms with Crippen molar-refractivity contribution >= 4 is 5.91 Å². The van der Waals surface area contributed by atoms with E-state index in [1.54, 1.807) is 0 Å². The average Bonchev–Trinajstić information content (AvgIpc) is 2.87. The molecule has 1 N–H and O–H groups in total. The summed E-state index contributed by atoms with van der Waals surface area (Å²) >= 11 is 0. The van der Waals surface area contributed by atoms with Gasteiger partial charge in [-0.3, -0.25) is 4.79 Å². The summed E-state index contributed by atoms with van der Waals surface area (Å²) in [6.07, 6.45) is 1.77. The molecule has 18 heavy (non-hydrogen) atoms. The zero-order chi connectivity index (χ0) is 12.7. The molecule has 2 aliphatic heterocycles. The molecule has 3 heteroatoms. The molecule has 0 aliphatic carbocycles. The highest BCUT2D eigenvalue weighted by molar-refractivity contribution is 5.80. The summed E-state index contributed by atoms with van der Waals surface area (Å²) in [5, 5.41) is 3.42. The molecule has 96 valence electrons. The fourth-order valence-electron chi connectivity index (χ4n) is 3.13. The van der Waals surface area contributed by atoms with Gasteiger partial charge in [0.25, 0.3) is 0 Å². The van der Waals surface area contributed by atoms with Crippen LogP contribution in [-0.2, 0) is 11.3 Å². The first-order chi connectivity index (χ1) is 8.65. The summed E-state index contributed by atoms with van der Waals surface area (Å²) in [6.45, 7) is 6.07. The Hall–Kier alpha value is -1.35. The van der Waals surface area contributed by atoms with E-state index in [0.717, 1.165) is 19.5 Å². The van der Waals surface area contributed by atoms with Gasteiger partial charge < -0.3 is 10.2 Å². The molecule has 2 heterocycles. The van der Waals surface area contributed by atoms with Gasteiger partial charge in [-0.1, -0.05) is 18.2 Å². The van der Waals surface area contributed by atoms with E-state index in [2.05, 4.69) is 42.3 Å². The molecule has 1 aromatic rings. The number of carbonyl (C=O) groups is 1. The number of rotatable bonds is 2. The maximum atomic E-state index is 12.0. The minimum atomic E-state index is 0.301. The van der Waals surface area contributed by atoms with Crippen molar-refractivity contribution in [2.24, 2.45) is 0 Å². The van der Waals surface area contributed by atoms with Crippen molar-refractivity contribution in [1.29, 1.82) is 0 Å². The van der Waals surface area contributed by atoms with Crippen LogP contribution in [0.15, 0.2) is 18.2 Å². The first-order valence-electron chi connectivity index (χ1n) is 6.74. The minimum absolute atomic E-state index is 0.301. The fourth-order valence-corrected chi connectivity index (χ4v) is 3.13. The molecule has 3 rings (SSSR count). The van der Waals surface area contributed by atoms with Crippen LogP contribution in [0.2, 0.25) is 0 Å². The molecular weight excluding hydrogens is 224 g/mol. The second kappa shape index (κ2) is 4.39. The van der Waals surface area contributed by atoms with Crippen LogP contribution in [0.5, 0.6) is 0 Å². The molecule has 0 radical (unpaired) electrons. The maximum Gasteiger partial charge on any atom is 0.224 e. The van der Waals surface area contributed by atoms with Crippen molar-refractivity contribution in [3.05, 3.63) is 34.9 Å². The predicted molar refractivity (Wildman–Crippen MR) is 71.3 cm³/mol. The Kier molecular flexibility index (Phi) is 2.86. The molecule has 2 aliphatic rings. The average molecular weight is 244 g/mol. The van der Waals surface area contributed by atoms with Crippen molar-refractivity contribution in [3.8, 4) is 0 Å². The van der Waals surface area contributed by atoms with Crippen LogP contribution < -0.4 is 5.32 Å². The highest BCUT2D eigenvalue weighted by Crippen LogP contribution is 2.28. The van der Waals surface area contributed by atoms with Crippen molar-refractivity contribution in [1.82, 2.24) is 10.2 Å². The summed E-state index contributed by atoms with van der Waals surface area (Å²) in [5.74, 6) is 0.301. The topological polar surface area (TPSA) is 32.3 Å². The molecule has 1 amide bonds. The Morgan fingerprint density at radius 1 is 1.33 bits per heavy atom. The lowest BCUT2D eigenvalue weighted by atomic mass is 10.1. The lowest BCUT2D eigenvalue weighted by Crippen LogP contribution is -2.35. The Morgan fingerprint density at radius 2 is 2.17 bits per heavy atom. The summed E-state index contributed by atoms with van der Waals surface area (Å²) < 4.78 is 0. The number of nitrogens with one attached hydrogen (secondary N) is 1. The highest BCUT2D eigenvalue weighted by atomic mass is 16.2. The number of amides is 1. The quantitative estimate of drug-likeness (QED) is 0.860. The van der Waals surface area contributed by atoms with Crippen molar-refractivity contribution in [2.45, 2.75) is 45.3 Å². The van der Waals surface area contributed by atoms with Crippen LogP contribution >= 0.6 is 0 Å². The number of nitrogens with zero attached hydrogens (tertiary/aromatic N) is 1. The molecule has 2 saturated heterocycles. The summed E-state index contributed by atoms with van der Waals surface area (Å²) in [4.78, 5) is 14.1. The van der Waals surface area contributed by atoms with Gasteiger partial charge in [-0.15, -0.1) is 0 Å². The molecule has 0 spiro atoms. The van der Waals surface area contributed by atoms with Gasteiger partial charge in [-0.25, -0.2) is 0 Å². The van der Waals surface area contributed by atoms with E-state index in [0.29, 0.717) is 24.4 Å². The van der Waals surface area contributed by atoms with Gasteiger partial charge in [0.05, 0.1) is 0 Å². The molecule has 0 bridgehead atoms. The Balaban J connectivity index is 1.79. The normalized spacial score (nSPS) is 26.8. The predicted octanol–water partition coefficient (Wildman–Crippen LogP) is 1.77. The first kappa shape index (κ1) is 11.7. The van der Waals surface area contributed by atoms with E-state index < -0.39 is 0 Å². The molecule has 0 saturated carbocycles. The number of likely N-dealkylation sites (tertiary alicyclic amines) is 1. The van der Waals surface area contributed by atoms with E-state index >= 15 is 0 Å². The Morgan fingerprint density at radius 3 is 2.94 bits per heavy atom. The van der Waals surface area contributed by atoms with Gasteiger partial charge in [0.15, 0.2) is 0 Å². The van der Waals surface area contributed by atoms with Gasteiger partial charge in [0.1, 0.15) is 0 Å². The van der Waals surface area contributed by atoms with Crippen LogP contribution in [0, 0.1) is 13.8 Å². The van der Waals surface area contributed by atoms with Crippen LogP contribution in [0.25, 0.3) is 0 Å². The fraction of sp³-hybridized carbons (Fsp3) is 0.533. The third-order valence-corrected chi connectivity index (χ3v) is 4.35. The molecule has 1 aromatic carbocycles. The maximum absolute atomic E-state index is 12.0. The number of carbonyl (C=O) groups excluding carboxylic acids is 1. The second-order valence-electron chi connectivity index (χ2n) is 5.56. The number of fused-ring (bicyclic) bond motifs is 1. The summed E-state index contributed by atoms with van der Waals surface area (Å²) in [6, 6.07) is 7.31. The van der Waals surface area contributed by atoms with Gasteiger partial charge in [0.2, 0.25) is 5.91 Å². The lowest BCUT2D eigenvalue weighted by Gasteiger charge is -2.23. The van der Waals surface area contributed by atoms with Crippen LogP contribution in [0.4, 0.5) is 0 Å². The first-order valence-corrected chi connectivity index (χ1v) is 6.74. The smallest absolute Gasteiger partial charge is 0.224 e. The third kappa shape index (κ3) is 1.93. The Bertz CT molecular complexity index is 483. The molecule has 2 fully saturated rings. The molecule has 2 atom stereocenters. The van der Waals surface area contributed by atoms with Gasteiger partial charge >= 0.3 is 0 Å². The SMILES string of the molecule is Cc1ccc(CN2C(=O)C[C@@H]3NCC[C@@H]32)cc1C. The van der Waals surface area contributed by atoms with Crippen molar-refractivity contribution in [2.75, 3.05) is 6.54 Å². The van der Waals surface area contributed by atoms with E-state index in [9.17, 15) is 4.79 Å². The van der Waals surface area contributed by atoms with Crippen LogP contribution in [0.3, 0.4) is 0 Å². The molecule has 0 unspecified atom stereocenters. The highest BCUT2D eigenvalue weighted by Gasteiger charge is 2.42. The summed E-state index contributed by atoms with van der Waals surface area (Å²) in [7, 11) is 0. The summed E-state index contributed by atoms with van der Waals surface area (Å²) in [5.41, 5.74) is 3.87. The molecule has 3 nitrogen and oxygen atoms in total. The van der Waals surface area contributed by atoms with E-state index in [1.165, 1.54) is 16.7 Å². The van der Waals surface area contributed by atoms with Crippen LogP contribution in [-0.4, -0.2) is 29.4 Å². The molecule has 0 aromatic heterocycles. The molecular formula is C15H20N2O. The minimum Gasteiger partial charge on any atom is -0.334 e. The largest absolute Gasteiger partial charge is 0.334 e. The number of benzene rings is 1. The van der Waals surface area contributed by atoms with E-state index in [1.807, 2.05) is 0 Å².